The van der Waals surface area contributed by atoms with E-state index >= 15 is 0 Å². The van der Waals surface area contributed by atoms with Crippen LogP contribution in [-0.4, -0.2) is 35.6 Å². The molecule has 1 atom stereocenters. The van der Waals surface area contributed by atoms with Gasteiger partial charge < -0.3 is 11.1 Å². The number of nitrogens with zero attached hydrogens (tertiary/aromatic N) is 2. The quantitative estimate of drug-likeness (QED) is 0.825. The number of anilines is 2. The van der Waals surface area contributed by atoms with Crippen molar-refractivity contribution in [1.29, 1.82) is 0 Å². The summed E-state index contributed by atoms with van der Waals surface area (Å²) in [5.41, 5.74) is 10.7. The third-order valence-electron chi connectivity index (χ3n) is 3.95. The second kappa shape index (κ2) is 4.98. The summed E-state index contributed by atoms with van der Waals surface area (Å²) >= 11 is 1.62. The monoisotopic (exact) mass is 276 g/mol. The van der Waals surface area contributed by atoms with Gasteiger partial charge in [-0.1, -0.05) is 0 Å². The average molecular weight is 276 g/mol. The largest absolute Gasteiger partial charge is 0.395 e. The molecule has 19 heavy (non-hydrogen) atoms. The lowest BCUT2D eigenvalue weighted by Crippen LogP contribution is -2.36. The predicted octanol–water partition coefficient (Wildman–Crippen LogP) is 2.77. The van der Waals surface area contributed by atoms with Crippen molar-refractivity contribution in [3.63, 3.8) is 0 Å². The molecule has 1 aliphatic carbocycles. The molecule has 0 radical (unpaired) electrons. The predicted molar refractivity (Wildman–Crippen MR) is 82.8 cm³/mol. The Balaban J connectivity index is 1.69. The molecule has 0 spiro atoms. The van der Waals surface area contributed by atoms with Crippen LogP contribution in [-0.2, 0) is 0 Å². The number of fused-ring (bicyclic) bond motifs is 1. The Bertz CT molecular complexity index is 576. The molecule has 102 valence electrons. The Morgan fingerprint density at radius 2 is 2.32 bits per heavy atom. The third kappa shape index (κ3) is 2.53. The van der Waals surface area contributed by atoms with E-state index in [-0.39, 0.29) is 0 Å². The van der Waals surface area contributed by atoms with Crippen LogP contribution in [0.1, 0.15) is 19.8 Å². The first kappa shape index (κ1) is 12.7. The van der Waals surface area contributed by atoms with Crippen molar-refractivity contribution in [2.75, 3.05) is 24.6 Å². The van der Waals surface area contributed by atoms with Gasteiger partial charge in [0, 0.05) is 18.6 Å². The number of likely N-dealkylation sites (N-methyl/N-ethyl adjacent to an activating group) is 1. The number of nitrogens with two attached hydrogens (primary N) is 1. The molecule has 1 aromatic heterocycles. The second-order valence-corrected chi connectivity index (χ2v) is 6.24. The van der Waals surface area contributed by atoms with Crippen LogP contribution in [0.2, 0.25) is 0 Å². The van der Waals surface area contributed by atoms with Crippen molar-refractivity contribution in [1.82, 2.24) is 9.88 Å². The first-order chi connectivity index (χ1) is 9.16. The number of benzene rings is 1. The molecule has 3 N–H and O–H groups in total. The van der Waals surface area contributed by atoms with Gasteiger partial charge in [0.05, 0.1) is 21.6 Å². The van der Waals surface area contributed by atoms with Crippen molar-refractivity contribution in [3.05, 3.63) is 17.6 Å². The Kier molecular flexibility index (Phi) is 3.33. The van der Waals surface area contributed by atoms with E-state index in [2.05, 4.69) is 41.3 Å². The lowest BCUT2D eigenvalue weighted by atomic mass is 10.2. The minimum atomic E-state index is 0.512. The molecule has 3 rings (SSSR count). The summed E-state index contributed by atoms with van der Waals surface area (Å²) in [6, 6.07) is 5.44. The first-order valence-electron chi connectivity index (χ1n) is 6.74. The van der Waals surface area contributed by atoms with Crippen molar-refractivity contribution >= 4 is 32.9 Å². The zero-order valence-electron chi connectivity index (χ0n) is 11.4. The summed E-state index contributed by atoms with van der Waals surface area (Å²) < 4.78 is 1.14. The summed E-state index contributed by atoms with van der Waals surface area (Å²) in [6.07, 6.45) is 2.68. The third-order valence-corrected chi connectivity index (χ3v) is 4.74. The van der Waals surface area contributed by atoms with Crippen LogP contribution in [0.25, 0.3) is 10.2 Å². The number of thiazole rings is 1. The maximum atomic E-state index is 6.17. The van der Waals surface area contributed by atoms with Crippen LogP contribution < -0.4 is 11.1 Å². The molecule has 1 heterocycles. The topological polar surface area (TPSA) is 54.2 Å². The maximum Gasteiger partial charge on any atom is 0.106 e. The Hall–Kier alpha value is -1.33. The Labute approximate surface area is 117 Å². The fraction of sp³-hybridized carbons (Fsp3) is 0.500. The maximum absolute atomic E-state index is 6.17. The highest BCUT2D eigenvalue weighted by molar-refractivity contribution is 7.16. The van der Waals surface area contributed by atoms with Gasteiger partial charge in [0.1, 0.15) is 5.52 Å². The SMILES string of the molecule is CC(CNc1ccc2scnc2c1N)N(C)C1CC1. The zero-order valence-corrected chi connectivity index (χ0v) is 12.2. The smallest absolute Gasteiger partial charge is 0.106 e. The zero-order chi connectivity index (χ0) is 13.4. The average Bonchev–Trinajstić information content (AvgIpc) is 3.14. The molecular formula is C14H20N4S. The molecule has 0 amide bonds. The molecule has 1 fully saturated rings. The summed E-state index contributed by atoms with van der Waals surface area (Å²) in [4.78, 5) is 6.77. The van der Waals surface area contributed by atoms with Gasteiger partial charge >= 0.3 is 0 Å². The van der Waals surface area contributed by atoms with Crippen LogP contribution >= 0.6 is 11.3 Å². The molecule has 5 heteroatoms. The molecule has 0 aliphatic heterocycles. The van der Waals surface area contributed by atoms with E-state index in [9.17, 15) is 0 Å². The van der Waals surface area contributed by atoms with E-state index < -0.39 is 0 Å². The molecule has 1 aliphatic rings. The van der Waals surface area contributed by atoms with E-state index in [4.69, 9.17) is 5.73 Å². The number of aromatic nitrogens is 1. The van der Waals surface area contributed by atoms with Gasteiger partial charge in [-0.2, -0.15) is 0 Å². The van der Waals surface area contributed by atoms with Crippen LogP contribution in [0.4, 0.5) is 11.4 Å². The highest BCUT2D eigenvalue weighted by Crippen LogP contribution is 2.30. The molecule has 1 saturated carbocycles. The fourth-order valence-electron chi connectivity index (χ4n) is 2.35. The minimum Gasteiger partial charge on any atom is -0.395 e. The standard InChI is InChI=1S/C14H20N4S/c1-9(18(2)10-3-4-10)7-16-11-5-6-12-14(13(11)15)17-8-19-12/h5-6,8-10,16H,3-4,7,15H2,1-2H3. The van der Waals surface area contributed by atoms with Crippen molar-refractivity contribution in [3.8, 4) is 0 Å². The number of hydrogen-bond acceptors (Lipinski definition) is 5. The molecule has 2 aromatic rings. The first-order valence-corrected chi connectivity index (χ1v) is 7.62. The number of nitrogen functional groups attached to an aromatic ring is 1. The van der Waals surface area contributed by atoms with Crippen molar-refractivity contribution in [2.45, 2.75) is 31.8 Å². The molecule has 0 saturated heterocycles. The molecule has 0 bridgehead atoms. The highest BCUT2D eigenvalue weighted by Gasteiger charge is 2.28. The normalized spacial score (nSPS) is 17.0. The van der Waals surface area contributed by atoms with Crippen LogP contribution in [0.15, 0.2) is 17.6 Å². The molecule has 1 aromatic carbocycles. The van der Waals surface area contributed by atoms with E-state index in [1.54, 1.807) is 11.3 Å². The van der Waals surface area contributed by atoms with Crippen molar-refractivity contribution in [2.24, 2.45) is 0 Å². The Morgan fingerprint density at radius 3 is 3.05 bits per heavy atom. The fourth-order valence-corrected chi connectivity index (χ4v) is 3.04. The van der Waals surface area contributed by atoms with E-state index in [0.717, 1.165) is 34.2 Å². The molecule has 4 nitrogen and oxygen atoms in total. The summed E-state index contributed by atoms with van der Waals surface area (Å²) in [5.74, 6) is 0. The van der Waals surface area contributed by atoms with E-state index in [0.29, 0.717) is 6.04 Å². The van der Waals surface area contributed by atoms with Gasteiger partial charge in [0.15, 0.2) is 0 Å². The van der Waals surface area contributed by atoms with E-state index in [1.807, 2.05) is 5.51 Å². The number of rotatable bonds is 5. The number of nitrogens with one attached hydrogen (secondary N) is 1. The molecular weight excluding hydrogens is 256 g/mol. The summed E-state index contributed by atoms with van der Waals surface area (Å²) in [6.45, 7) is 3.16. The van der Waals surface area contributed by atoms with Gasteiger partial charge in [0.2, 0.25) is 0 Å². The number of hydrogen-bond donors (Lipinski definition) is 2. The van der Waals surface area contributed by atoms with E-state index in [1.165, 1.54) is 12.8 Å². The van der Waals surface area contributed by atoms with Gasteiger partial charge in [-0.05, 0) is 38.9 Å². The van der Waals surface area contributed by atoms with Crippen LogP contribution in [0, 0.1) is 0 Å². The van der Waals surface area contributed by atoms with Gasteiger partial charge in [-0.25, -0.2) is 4.98 Å². The van der Waals surface area contributed by atoms with Crippen LogP contribution in [0.3, 0.4) is 0 Å². The summed E-state index contributed by atoms with van der Waals surface area (Å²) in [7, 11) is 2.21. The van der Waals surface area contributed by atoms with Gasteiger partial charge in [-0.3, -0.25) is 4.90 Å². The Morgan fingerprint density at radius 1 is 1.53 bits per heavy atom. The lowest BCUT2D eigenvalue weighted by Gasteiger charge is -2.25. The van der Waals surface area contributed by atoms with Crippen molar-refractivity contribution < 1.29 is 0 Å². The molecule has 1 unspecified atom stereocenters. The lowest BCUT2D eigenvalue weighted by molar-refractivity contribution is 0.257. The van der Waals surface area contributed by atoms with Gasteiger partial charge in [-0.15, -0.1) is 11.3 Å². The summed E-state index contributed by atoms with van der Waals surface area (Å²) in [5, 5.41) is 3.46. The van der Waals surface area contributed by atoms with Crippen LogP contribution in [0.5, 0.6) is 0 Å². The van der Waals surface area contributed by atoms with Gasteiger partial charge in [0.25, 0.3) is 0 Å². The second-order valence-electron chi connectivity index (χ2n) is 5.35. The highest BCUT2D eigenvalue weighted by atomic mass is 32.1. The minimum absolute atomic E-state index is 0.512.